The van der Waals surface area contributed by atoms with Crippen LogP contribution in [0.15, 0.2) is 12.2 Å². The second kappa shape index (κ2) is 11.8. The zero-order valence-corrected chi connectivity index (χ0v) is 13.6. The average molecular weight is 296 g/mol. The summed E-state index contributed by atoms with van der Waals surface area (Å²) in [6, 6.07) is 0. The van der Waals surface area contributed by atoms with Crippen molar-refractivity contribution in [2.75, 3.05) is 0 Å². The number of hydrogen-bond acceptors (Lipinski definition) is 2. The molecule has 0 aromatic rings. The molecule has 0 bridgehead atoms. The van der Waals surface area contributed by atoms with Gasteiger partial charge in [-0.3, -0.25) is 4.79 Å². The van der Waals surface area contributed by atoms with Crippen molar-refractivity contribution in [3.8, 4) is 0 Å². The zero-order chi connectivity index (χ0) is 15.3. The second-order valence-electron chi connectivity index (χ2n) is 6.12. The summed E-state index contributed by atoms with van der Waals surface area (Å²) in [5, 5.41) is 8.52. The van der Waals surface area contributed by atoms with Crippen LogP contribution in [0.25, 0.3) is 0 Å². The van der Waals surface area contributed by atoms with Crippen LogP contribution in [0, 0.1) is 0 Å². The minimum Gasteiger partial charge on any atom is -0.481 e. The second-order valence-corrected chi connectivity index (χ2v) is 6.12. The van der Waals surface area contributed by atoms with E-state index in [9.17, 15) is 4.79 Å². The number of aliphatic carboxylic acids is 1. The summed E-state index contributed by atoms with van der Waals surface area (Å²) in [6.07, 6.45) is 18.7. The Morgan fingerprint density at radius 3 is 2.52 bits per heavy atom. The van der Waals surface area contributed by atoms with E-state index in [0.29, 0.717) is 18.6 Å². The standard InChI is InChI=1S/C18H32O3/c1-2-3-10-13-16-17(21-16)14-11-8-6-4-5-7-9-12-15-18(19)20/h8,11,16-17H,2-7,9-10,12-15H2,1H3,(H,19,20)/b11-8-/t16-,17-/m0/s1. The molecule has 0 spiro atoms. The minimum atomic E-state index is -0.673. The number of carboxylic acid groups (broad SMARTS) is 1. The van der Waals surface area contributed by atoms with Gasteiger partial charge in [0.05, 0.1) is 12.2 Å². The Balaban J connectivity index is 1.81. The van der Waals surface area contributed by atoms with E-state index in [1.165, 1.54) is 38.5 Å². The highest BCUT2D eigenvalue weighted by molar-refractivity contribution is 5.66. The predicted molar refractivity (Wildman–Crippen MR) is 86.5 cm³/mol. The van der Waals surface area contributed by atoms with E-state index >= 15 is 0 Å². The number of hydrogen-bond donors (Lipinski definition) is 1. The molecule has 1 rings (SSSR count). The summed E-state index contributed by atoms with van der Waals surface area (Å²) in [7, 11) is 0. The monoisotopic (exact) mass is 296 g/mol. The molecule has 1 fully saturated rings. The van der Waals surface area contributed by atoms with Gasteiger partial charge in [-0.05, 0) is 32.1 Å². The van der Waals surface area contributed by atoms with Crippen molar-refractivity contribution in [2.24, 2.45) is 0 Å². The fourth-order valence-electron chi connectivity index (χ4n) is 2.65. The largest absolute Gasteiger partial charge is 0.481 e. The smallest absolute Gasteiger partial charge is 0.303 e. The van der Waals surface area contributed by atoms with Gasteiger partial charge >= 0.3 is 5.97 Å². The quantitative estimate of drug-likeness (QED) is 0.276. The summed E-state index contributed by atoms with van der Waals surface area (Å²) >= 11 is 0. The number of rotatable bonds is 14. The van der Waals surface area contributed by atoms with Gasteiger partial charge in [-0.15, -0.1) is 0 Å². The summed E-state index contributed by atoms with van der Waals surface area (Å²) in [5.41, 5.74) is 0. The maximum absolute atomic E-state index is 10.3. The van der Waals surface area contributed by atoms with Crippen molar-refractivity contribution in [1.29, 1.82) is 0 Å². The topological polar surface area (TPSA) is 49.8 Å². The Kier molecular flexibility index (Phi) is 10.2. The van der Waals surface area contributed by atoms with E-state index in [0.717, 1.165) is 32.1 Å². The number of carboxylic acids is 1. The average Bonchev–Trinajstić information content (AvgIpc) is 3.19. The van der Waals surface area contributed by atoms with Crippen LogP contribution in [0.3, 0.4) is 0 Å². The molecular weight excluding hydrogens is 264 g/mol. The van der Waals surface area contributed by atoms with E-state index in [-0.39, 0.29) is 0 Å². The number of ether oxygens (including phenoxy) is 1. The highest BCUT2D eigenvalue weighted by Crippen LogP contribution is 2.30. The van der Waals surface area contributed by atoms with Gasteiger partial charge in [-0.1, -0.05) is 57.6 Å². The van der Waals surface area contributed by atoms with Crippen LogP contribution in [0.1, 0.15) is 84.0 Å². The lowest BCUT2D eigenvalue weighted by Gasteiger charge is -1.98. The molecule has 2 atom stereocenters. The van der Waals surface area contributed by atoms with Crippen molar-refractivity contribution in [1.82, 2.24) is 0 Å². The van der Waals surface area contributed by atoms with Gasteiger partial charge in [0.25, 0.3) is 0 Å². The summed E-state index contributed by atoms with van der Waals surface area (Å²) < 4.78 is 5.66. The van der Waals surface area contributed by atoms with Crippen molar-refractivity contribution >= 4 is 5.97 Å². The number of epoxide rings is 1. The molecule has 3 heteroatoms. The van der Waals surface area contributed by atoms with Crippen LogP contribution >= 0.6 is 0 Å². The van der Waals surface area contributed by atoms with Gasteiger partial charge in [-0.25, -0.2) is 0 Å². The van der Waals surface area contributed by atoms with Crippen molar-refractivity contribution in [3.63, 3.8) is 0 Å². The normalized spacial score (nSPS) is 21.0. The minimum absolute atomic E-state index is 0.320. The van der Waals surface area contributed by atoms with E-state index in [2.05, 4.69) is 19.1 Å². The summed E-state index contributed by atoms with van der Waals surface area (Å²) in [5.74, 6) is -0.673. The Labute approximate surface area is 129 Å². The first-order chi connectivity index (χ1) is 10.2. The number of unbranched alkanes of at least 4 members (excludes halogenated alkanes) is 7. The Morgan fingerprint density at radius 1 is 1.00 bits per heavy atom. The molecule has 1 N–H and O–H groups in total. The Bertz CT molecular complexity index is 299. The fraction of sp³-hybridized carbons (Fsp3) is 0.833. The fourth-order valence-corrected chi connectivity index (χ4v) is 2.65. The maximum atomic E-state index is 10.3. The third-order valence-corrected chi connectivity index (χ3v) is 4.08. The lowest BCUT2D eigenvalue weighted by atomic mass is 10.1. The maximum Gasteiger partial charge on any atom is 0.303 e. The highest BCUT2D eigenvalue weighted by Gasteiger charge is 2.36. The van der Waals surface area contributed by atoms with Gasteiger partial charge in [0, 0.05) is 6.42 Å². The van der Waals surface area contributed by atoms with Crippen LogP contribution in [-0.4, -0.2) is 23.3 Å². The third kappa shape index (κ3) is 10.5. The van der Waals surface area contributed by atoms with Gasteiger partial charge < -0.3 is 9.84 Å². The molecule has 1 aliphatic heterocycles. The van der Waals surface area contributed by atoms with E-state index in [1.807, 2.05) is 0 Å². The van der Waals surface area contributed by atoms with E-state index < -0.39 is 5.97 Å². The first-order valence-electron chi connectivity index (χ1n) is 8.76. The van der Waals surface area contributed by atoms with E-state index in [4.69, 9.17) is 9.84 Å². The van der Waals surface area contributed by atoms with Crippen LogP contribution in [-0.2, 0) is 9.53 Å². The zero-order valence-electron chi connectivity index (χ0n) is 13.6. The van der Waals surface area contributed by atoms with Crippen LogP contribution < -0.4 is 0 Å². The summed E-state index contributed by atoms with van der Waals surface area (Å²) in [6.45, 7) is 2.24. The third-order valence-electron chi connectivity index (χ3n) is 4.08. The molecule has 1 saturated heterocycles. The van der Waals surface area contributed by atoms with Crippen LogP contribution in [0.2, 0.25) is 0 Å². The van der Waals surface area contributed by atoms with Gasteiger partial charge in [0.2, 0.25) is 0 Å². The van der Waals surface area contributed by atoms with Crippen LogP contribution in [0.5, 0.6) is 0 Å². The molecule has 0 saturated carbocycles. The van der Waals surface area contributed by atoms with Crippen LogP contribution in [0.4, 0.5) is 0 Å². The molecule has 3 nitrogen and oxygen atoms in total. The molecule has 1 aliphatic rings. The first kappa shape index (κ1) is 18.2. The van der Waals surface area contributed by atoms with Crippen molar-refractivity contribution < 1.29 is 14.6 Å². The lowest BCUT2D eigenvalue weighted by molar-refractivity contribution is -0.137. The van der Waals surface area contributed by atoms with Crippen molar-refractivity contribution in [2.45, 2.75) is 96.2 Å². The summed E-state index contributed by atoms with van der Waals surface area (Å²) in [4.78, 5) is 10.3. The molecule has 0 aromatic carbocycles. The highest BCUT2D eigenvalue weighted by atomic mass is 16.6. The van der Waals surface area contributed by atoms with E-state index in [1.54, 1.807) is 0 Å². The molecule has 122 valence electrons. The van der Waals surface area contributed by atoms with Gasteiger partial charge in [-0.2, -0.15) is 0 Å². The predicted octanol–water partition coefficient (Wildman–Crippen LogP) is 5.10. The Morgan fingerprint density at radius 2 is 1.76 bits per heavy atom. The number of allylic oxidation sites excluding steroid dienone is 1. The molecule has 21 heavy (non-hydrogen) atoms. The molecule has 0 aliphatic carbocycles. The molecule has 1 heterocycles. The molecule has 0 amide bonds. The number of carbonyl (C=O) groups is 1. The van der Waals surface area contributed by atoms with Gasteiger partial charge in [0.15, 0.2) is 0 Å². The van der Waals surface area contributed by atoms with Crippen molar-refractivity contribution in [3.05, 3.63) is 12.2 Å². The molecule has 0 unspecified atom stereocenters. The molecule has 0 aromatic heterocycles. The lowest BCUT2D eigenvalue weighted by Crippen LogP contribution is -1.93. The molecule has 0 radical (unpaired) electrons. The first-order valence-corrected chi connectivity index (χ1v) is 8.76. The molecular formula is C18H32O3. The SMILES string of the molecule is CCCCC[C@@H]1O[C@H]1C/C=C\CCCCCCCC(=O)O. The Hall–Kier alpha value is -0.830. The van der Waals surface area contributed by atoms with Gasteiger partial charge in [0.1, 0.15) is 0 Å².